The Bertz CT molecular complexity index is 1110. The predicted octanol–water partition coefficient (Wildman–Crippen LogP) is 4.82. The van der Waals surface area contributed by atoms with Crippen molar-refractivity contribution < 1.29 is 19.0 Å². The number of hydrogen-bond acceptors (Lipinski definition) is 5. The first-order valence-corrected chi connectivity index (χ1v) is 9.90. The van der Waals surface area contributed by atoms with Gasteiger partial charge in [0.05, 0.1) is 23.7 Å². The average molecular weight is 396 g/mol. The number of epoxide rings is 1. The maximum atomic E-state index is 12.9. The quantitative estimate of drug-likeness (QED) is 0.456. The molecule has 2 aliphatic rings. The van der Waals surface area contributed by atoms with Gasteiger partial charge in [-0.1, -0.05) is 33.8 Å². The number of ether oxygens (including phenoxy) is 2. The molecule has 1 N–H and O–H groups in total. The molecule has 2 aromatic rings. The summed E-state index contributed by atoms with van der Waals surface area (Å²) in [5, 5.41) is 11.6. The van der Waals surface area contributed by atoms with Gasteiger partial charge in [0.1, 0.15) is 22.7 Å². The normalized spacial score (nSPS) is 20.3. The zero-order valence-corrected chi connectivity index (χ0v) is 17.9. The lowest BCUT2D eigenvalue weighted by molar-refractivity contribution is 0.153. The molecule has 3 heterocycles. The zero-order valence-electron chi connectivity index (χ0n) is 17.9. The Morgan fingerprint density at radius 3 is 2.52 bits per heavy atom. The van der Waals surface area contributed by atoms with Gasteiger partial charge in [-0.05, 0) is 32.1 Å². The molecule has 2 aliphatic heterocycles. The topological polar surface area (TPSA) is 72.2 Å². The molecule has 0 aliphatic carbocycles. The Kier molecular flexibility index (Phi) is 4.08. The van der Waals surface area contributed by atoms with Gasteiger partial charge in [0.25, 0.3) is 0 Å². The Balaban J connectivity index is 2.15. The van der Waals surface area contributed by atoms with Crippen LogP contribution in [0.25, 0.3) is 17.0 Å². The first kappa shape index (κ1) is 19.8. The minimum atomic E-state index is -0.596. The van der Waals surface area contributed by atoms with E-state index in [0.717, 1.165) is 5.56 Å². The fourth-order valence-electron chi connectivity index (χ4n) is 3.94. The van der Waals surface area contributed by atoms with E-state index in [9.17, 15) is 9.90 Å². The van der Waals surface area contributed by atoms with Gasteiger partial charge in [-0.25, -0.2) is 4.79 Å². The number of fused-ring (bicyclic) bond motifs is 2. The highest BCUT2D eigenvalue weighted by Crippen LogP contribution is 2.51. The summed E-state index contributed by atoms with van der Waals surface area (Å²) < 4.78 is 17.8. The predicted molar refractivity (Wildman–Crippen MR) is 114 cm³/mol. The van der Waals surface area contributed by atoms with Crippen molar-refractivity contribution in [2.75, 3.05) is 6.61 Å². The Labute approximate surface area is 170 Å². The molecule has 5 nitrogen and oxygen atoms in total. The summed E-state index contributed by atoms with van der Waals surface area (Å²) in [6, 6.07) is 1.72. The lowest BCUT2D eigenvalue weighted by Crippen LogP contribution is -2.32. The van der Waals surface area contributed by atoms with Crippen LogP contribution in [0.1, 0.15) is 58.2 Å². The van der Waals surface area contributed by atoms with Crippen LogP contribution in [0.4, 0.5) is 0 Å². The van der Waals surface area contributed by atoms with E-state index in [1.165, 1.54) is 0 Å². The molecule has 1 aromatic carbocycles. The third-order valence-corrected chi connectivity index (χ3v) is 6.16. The van der Waals surface area contributed by atoms with Gasteiger partial charge in [0.15, 0.2) is 0 Å². The number of rotatable bonds is 4. The Hall–Kier alpha value is -2.53. The molecule has 0 spiro atoms. The molecule has 0 bridgehead atoms. The highest BCUT2D eigenvalue weighted by molar-refractivity contribution is 5.95. The van der Waals surface area contributed by atoms with Gasteiger partial charge in [-0.3, -0.25) is 0 Å². The average Bonchev–Trinajstić information content (AvgIpc) is 3.46. The van der Waals surface area contributed by atoms with Gasteiger partial charge >= 0.3 is 5.63 Å². The minimum Gasteiger partial charge on any atom is -0.506 e. The molecule has 154 valence electrons. The number of allylic oxidation sites excluding steroid dienone is 1. The van der Waals surface area contributed by atoms with Gasteiger partial charge in [0.2, 0.25) is 0 Å². The molecule has 0 saturated carbocycles. The summed E-state index contributed by atoms with van der Waals surface area (Å²) in [6.07, 6.45) is 5.49. The van der Waals surface area contributed by atoms with Gasteiger partial charge in [-0.2, -0.15) is 0 Å². The van der Waals surface area contributed by atoms with Crippen LogP contribution in [-0.4, -0.2) is 23.4 Å². The van der Waals surface area contributed by atoms with Crippen LogP contribution in [0.5, 0.6) is 11.5 Å². The molecule has 4 rings (SSSR count). The monoisotopic (exact) mass is 396 g/mol. The molecule has 29 heavy (non-hydrogen) atoms. The minimum absolute atomic E-state index is 0.00782. The smallest absolute Gasteiger partial charge is 0.340 e. The third kappa shape index (κ3) is 2.99. The second-order valence-corrected chi connectivity index (χ2v) is 9.67. The van der Waals surface area contributed by atoms with E-state index in [0.29, 0.717) is 34.5 Å². The van der Waals surface area contributed by atoms with Crippen LogP contribution in [-0.2, 0) is 15.6 Å². The van der Waals surface area contributed by atoms with E-state index in [4.69, 9.17) is 13.9 Å². The molecule has 5 heteroatoms. The second-order valence-electron chi connectivity index (χ2n) is 9.67. The molecule has 1 fully saturated rings. The van der Waals surface area contributed by atoms with Crippen molar-refractivity contribution in [3.8, 4) is 11.5 Å². The molecule has 1 saturated heterocycles. The van der Waals surface area contributed by atoms with E-state index in [1.807, 2.05) is 53.7 Å². The van der Waals surface area contributed by atoms with Gasteiger partial charge < -0.3 is 19.0 Å². The SMILES string of the molecule is C=CC(C)(C)c1cc2c(O)c3c(c(C(C)(C)[C@@H]4CO4)c2oc1=O)OC(C)(C)C=C3. The second kappa shape index (κ2) is 5.99. The van der Waals surface area contributed by atoms with E-state index in [1.54, 1.807) is 12.1 Å². The number of aromatic hydroxyl groups is 1. The van der Waals surface area contributed by atoms with Crippen LogP contribution in [0.2, 0.25) is 0 Å². The van der Waals surface area contributed by atoms with Gasteiger partial charge in [-0.15, -0.1) is 6.58 Å². The Morgan fingerprint density at radius 2 is 1.93 bits per heavy atom. The standard InChI is InChI=1S/C24H28O5/c1-8-22(2,3)15-11-14-18(25)13-9-10-23(4,5)29-20(13)17(19(14)28-21(15)26)24(6,7)16-12-27-16/h8-11,16,25H,1,12H2,2-7H3/t16-/m0/s1. The fraction of sp³-hybridized carbons (Fsp3) is 0.458. The van der Waals surface area contributed by atoms with E-state index in [2.05, 4.69) is 6.58 Å². The highest BCUT2D eigenvalue weighted by Gasteiger charge is 2.46. The van der Waals surface area contributed by atoms with Crippen LogP contribution in [0.15, 0.2) is 34.0 Å². The number of hydrogen-bond donors (Lipinski definition) is 1. The zero-order chi connectivity index (χ0) is 21.4. The van der Waals surface area contributed by atoms with Crippen LogP contribution >= 0.6 is 0 Å². The first-order valence-electron chi connectivity index (χ1n) is 9.90. The van der Waals surface area contributed by atoms with Crippen molar-refractivity contribution in [3.05, 3.63) is 51.9 Å². The molecular weight excluding hydrogens is 368 g/mol. The van der Waals surface area contributed by atoms with Crippen molar-refractivity contribution in [2.24, 2.45) is 0 Å². The molecule has 0 unspecified atom stereocenters. The van der Waals surface area contributed by atoms with E-state index >= 15 is 0 Å². The third-order valence-electron chi connectivity index (χ3n) is 6.16. The lowest BCUT2D eigenvalue weighted by Gasteiger charge is -2.34. The number of phenolic OH excluding ortho intramolecular Hbond substituents is 1. The molecule has 1 atom stereocenters. The summed E-state index contributed by atoms with van der Waals surface area (Å²) in [4.78, 5) is 12.9. The van der Waals surface area contributed by atoms with Crippen molar-refractivity contribution in [1.82, 2.24) is 0 Å². The molecule has 1 aromatic heterocycles. The molecular formula is C24H28O5. The van der Waals surface area contributed by atoms with Gasteiger partial charge in [0, 0.05) is 22.0 Å². The van der Waals surface area contributed by atoms with Crippen molar-refractivity contribution in [2.45, 2.75) is 64.1 Å². The van der Waals surface area contributed by atoms with Crippen molar-refractivity contribution >= 4 is 17.0 Å². The molecule has 0 radical (unpaired) electrons. The largest absolute Gasteiger partial charge is 0.506 e. The first-order chi connectivity index (χ1) is 13.4. The molecule has 0 amide bonds. The van der Waals surface area contributed by atoms with Crippen LogP contribution in [0.3, 0.4) is 0 Å². The van der Waals surface area contributed by atoms with Crippen molar-refractivity contribution in [3.63, 3.8) is 0 Å². The fourth-order valence-corrected chi connectivity index (χ4v) is 3.94. The summed E-state index contributed by atoms with van der Waals surface area (Å²) >= 11 is 0. The van der Waals surface area contributed by atoms with E-state index < -0.39 is 22.1 Å². The maximum Gasteiger partial charge on any atom is 0.340 e. The Morgan fingerprint density at radius 1 is 1.28 bits per heavy atom. The number of benzene rings is 1. The summed E-state index contributed by atoms with van der Waals surface area (Å²) in [5.41, 5.74) is 0.0824. The summed E-state index contributed by atoms with van der Waals surface area (Å²) in [7, 11) is 0. The van der Waals surface area contributed by atoms with Crippen LogP contribution in [0, 0.1) is 0 Å². The number of phenols is 1. The lowest BCUT2D eigenvalue weighted by atomic mass is 9.77. The highest BCUT2D eigenvalue weighted by atomic mass is 16.6. The van der Waals surface area contributed by atoms with E-state index in [-0.39, 0.29) is 11.9 Å². The van der Waals surface area contributed by atoms with Crippen molar-refractivity contribution in [1.29, 1.82) is 0 Å². The van der Waals surface area contributed by atoms with Crippen LogP contribution < -0.4 is 10.4 Å². The summed E-state index contributed by atoms with van der Waals surface area (Å²) in [5.74, 6) is 0.588. The summed E-state index contributed by atoms with van der Waals surface area (Å²) in [6.45, 7) is 16.2. The maximum absolute atomic E-state index is 12.9.